The highest BCUT2D eigenvalue weighted by atomic mass is 32.2. The van der Waals surface area contributed by atoms with Gasteiger partial charge in [0.2, 0.25) is 10.0 Å². The van der Waals surface area contributed by atoms with E-state index in [4.69, 9.17) is 10.5 Å². The first-order chi connectivity index (χ1) is 8.06. The van der Waals surface area contributed by atoms with Gasteiger partial charge in [0, 0.05) is 0 Å². The Kier molecular flexibility index (Phi) is 6.06. The van der Waals surface area contributed by atoms with Crippen molar-refractivity contribution in [3.8, 4) is 0 Å². The van der Waals surface area contributed by atoms with Gasteiger partial charge >= 0.3 is 12.1 Å². The SMILES string of the molecule is CC(C)(C)OC(=O)NS(=O)(=O)CCOC(=O)CN. The van der Waals surface area contributed by atoms with Crippen molar-refractivity contribution < 1.29 is 27.5 Å². The number of hydrogen-bond donors (Lipinski definition) is 2. The van der Waals surface area contributed by atoms with Crippen molar-refractivity contribution in [1.29, 1.82) is 0 Å². The molecule has 0 unspecified atom stereocenters. The van der Waals surface area contributed by atoms with E-state index in [0.717, 1.165) is 0 Å². The molecule has 0 saturated carbocycles. The van der Waals surface area contributed by atoms with Crippen LogP contribution >= 0.6 is 0 Å². The lowest BCUT2D eigenvalue weighted by Crippen LogP contribution is -2.38. The van der Waals surface area contributed by atoms with Crippen molar-refractivity contribution in [1.82, 2.24) is 4.72 Å². The third-order valence-electron chi connectivity index (χ3n) is 1.42. The van der Waals surface area contributed by atoms with Crippen LogP contribution in [0.3, 0.4) is 0 Å². The van der Waals surface area contributed by atoms with E-state index in [1.54, 1.807) is 25.5 Å². The molecule has 0 atom stereocenters. The second-order valence-corrected chi connectivity index (χ2v) is 6.19. The quantitative estimate of drug-likeness (QED) is 0.641. The Labute approximate surface area is 106 Å². The normalized spacial score (nSPS) is 11.8. The Hall–Kier alpha value is -1.35. The highest BCUT2D eigenvalue weighted by Gasteiger charge is 2.21. The molecule has 0 aromatic carbocycles. The molecule has 0 radical (unpaired) electrons. The molecule has 0 aliphatic rings. The second-order valence-electron chi connectivity index (χ2n) is 4.35. The summed E-state index contributed by atoms with van der Waals surface area (Å²) in [7, 11) is -3.90. The van der Waals surface area contributed by atoms with E-state index in [1.165, 1.54) is 0 Å². The van der Waals surface area contributed by atoms with E-state index in [9.17, 15) is 18.0 Å². The van der Waals surface area contributed by atoms with E-state index in [1.807, 2.05) is 0 Å². The zero-order valence-electron chi connectivity index (χ0n) is 10.6. The van der Waals surface area contributed by atoms with Crippen LogP contribution in [0.15, 0.2) is 0 Å². The fraction of sp³-hybridized carbons (Fsp3) is 0.778. The maximum Gasteiger partial charge on any atom is 0.421 e. The number of ether oxygens (including phenoxy) is 2. The topological polar surface area (TPSA) is 125 Å². The summed E-state index contributed by atoms with van der Waals surface area (Å²) < 4.78 is 33.7. The molecule has 0 aliphatic heterocycles. The number of esters is 1. The predicted molar refractivity (Wildman–Crippen MR) is 63.2 cm³/mol. The molecule has 8 nitrogen and oxygen atoms in total. The summed E-state index contributed by atoms with van der Waals surface area (Å²) in [5.41, 5.74) is 4.16. The number of carbonyl (C=O) groups is 2. The highest BCUT2D eigenvalue weighted by Crippen LogP contribution is 2.06. The van der Waals surface area contributed by atoms with Crippen LogP contribution in [0.4, 0.5) is 4.79 Å². The van der Waals surface area contributed by atoms with Gasteiger partial charge in [-0.15, -0.1) is 0 Å². The van der Waals surface area contributed by atoms with Crippen molar-refractivity contribution in [3.63, 3.8) is 0 Å². The Morgan fingerprint density at radius 2 is 1.83 bits per heavy atom. The Balaban J connectivity index is 4.16. The van der Waals surface area contributed by atoms with Gasteiger partial charge < -0.3 is 15.2 Å². The van der Waals surface area contributed by atoms with Crippen molar-refractivity contribution >= 4 is 22.1 Å². The van der Waals surface area contributed by atoms with Crippen LogP contribution in [0.1, 0.15) is 20.8 Å². The van der Waals surface area contributed by atoms with Crippen molar-refractivity contribution in [3.05, 3.63) is 0 Å². The van der Waals surface area contributed by atoms with Gasteiger partial charge in [-0.2, -0.15) is 0 Å². The Morgan fingerprint density at radius 3 is 2.28 bits per heavy atom. The van der Waals surface area contributed by atoms with Gasteiger partial charge in [0.1, 0.15) is 18.0 Å². The summed E-state index contributed by atoms with van der Waals surface area (Å²) in [6.07, 6.45) is -1.08. The van der Waals surface area contributed by atoms with Gasteiger partial charge in [-0.1, -0.05) is 0 Å². The first-order valence-electron chi connectivity index (χ1n) is 5.15. The zero-order valence-corrected chi connectivity index (χ0v) is 11.4. The smallest absolute Gasteiger partial charge is 0.421 e. The number of rotatable bonds is 5. The van der Waals surface area contributed by atoms with Crippen LogP contribution in [-0.4, -0.2) is 45.0 Å². The van der Waals surface area contributed by atoms with Gasteiger partial charge in [0.15, 0.2) is 0 Å². The molecule has 0 aromatic heterocycles. The number of nitrogens with one attached hydrogen (secondary N) is 1. The van der Waals surface area contributed by atoms with E-state index >= 15 is 0 Å². The van der Waals surface area contributed by atoms with Gasteiger partial charge in [0.05, 0.1) is 6.54 Å². The van der Waals surface area contributed by atoms with Gasteiger partial charge in [-0.25, -0.2) is 17.9 Å². The number of nitrogens with two attached hydrogens (primary N) is 1. The van der Waals surface area contributed by atoms with Crippen molar-refractivity contribution in [2.45, 2.75) is 26.4 Å². The van der Waals surface area contributed by atoms with E-state index in [2.05, 4.69) is 4.74 Å². The molecule has 0 aromatic rings. The minimum atomic E-state index is -3.90. The predicted octanol–water partition coefficient (Wildman–Crippen LogP) is -0.657. The monoisotopic (exact) mass is 282 g/mol. The highest BCUT2D eigenvalue weighted by molar-refractivity contribution is 7.90. The van der Waals surface area contributed by atoms with Gasteiger partial charge in [-0.05, 0) is 20.8 Å². The standard InChI is InChI=1S/C9H18N2O6S/c1-9(2,3)17-8(13)11-18(14,15)5-4-16-7(12)6-10/h4-6,10H2,1-3H3,(H,11,13). The Bertz CT molecular complexity index is 398. The van der Waals surface area contributed by atoms with E-state index < -0.39 is 33.4 Å². The largest absolute Gasteiger partial charge is 0.464 e. The van der Waals surface area contributed by atoms with Crippen LogP contribution in [0, 0.1) is 0 Å². The number of amides is 1. The molecule has 0 saturated heterocycles. The van der Waals surface area contributed by atoms with Crippen molar-refractivity contribution in [2.24, 2.45) is 5.73 Å². The maximum absolute atomic E-state index is 11.4. The van der Waals surface area contributed by atoms with Gasteiger partial charge in [-0.3, -0.25) is 4.79 Å². The lowest BCUT2D eigenvalue weighted by atomic mass is 10.2. The van der Waals surface area contributed by atoms with E-state index in [0.29, 0.717) is 0 Å². The average Bonchev–Trinajstić information content (AvgIpc) is 2.12. The van der Waals surface area contributed by atoms with Crippen LogP contribution in [0.5, 0.6) is 0 Å². The third kappa shape index (κ3) is 8.76. The summed E-state index contributed by atoms with van der Waals surface area (Å²) in [5, 5.41) is 0. The minimum absolute atomic E-state index is 0.334. The molecule has 9 heteroatoms. The molecule has 0 fully saturated rings. The molecular weight excluding hydrogens is 264 g/mol. The first-order valence-corrected chi connectivity index (χ1v) is 6.80. The summed E-state index contributed by atoms with van der Waals surface area (Å²) in [5.74, 6) is -1.26. The molecule has 0 spiro atoms. The molecule has 0 bridgehead atoms. The molecule has 18 heavy (non-hydrogen) atoms. The average molecular weight is 282 g/mol. The molecule has 3 N–H and O–H groups in total. The number of hydrogen-bond acceptors (Lipinski definition) is 7. The van der Waals surface area contributed by atoms with Crippen LogP contribution in [-0.2, 0) is 24.3 Å². The zero-order chi connectivity index (χ0) is 14.4. The van der Waals surface area contributed by atoms with Crippen LogP contribution in [0.2, 0.25) is 0 Å². The number of carbonyl (C=O) groups excluding carboxylic acids is 2. The molecule has 0 heterocycles. The summed E-state index contributed by atoms with van der Waals surface area (Å²) >= 11 is 0. The summed E-state index contributed by atoms with van der Waals surface area (Å²) in [6, 6.07) is 0. The fourth-order valence-electron chi connectivity index (χ4n) is 0.801. The maximum atomic E-state index is 11.4. The van der Waals surface area contributed by atoms with Crippen LogP contribution in [0.25, 0.3) is 0 Å². The molecular formula is C9H18N2O6S. The Morgan fingerprint density at radius 1 is 1.28 bits per heavy atom. The first kappa shape index (κ1) is 16.6. The molecule has 106 valence electrons. The molecule has 0 rings (SSSR count). The van der Waals surface area contributed by atoms with Crippen LogP contribution < -0.4 is 10.5 Å². The minimum Gasteiger partial charge on any atom is -0.464 e. The lowest BCUT2D eigenvalue weighted by molar-refractivity contribution is -0.141. The summed E-state index contributed by atoms with van der Waals surface area (Å²) in [4.78, 5) is 21.8. The second kappa shape index (κ2) is 6.55. The van der Waals surface area contributed by atoms with E-state index in [-0.39, 0.29) is 13.2 Å². The third-order valence-corrected chi connectivity index (χ3v) is 2.60. The van der Waals surface area contributed by atoms with Crippen molar-refractivity contribution in [2.75, 3.05) is 18.9 Å². The molecule has 1 amide bonds. The lowest BCUT2D eigenvalue weighted by Gasteiger charge is -2.19. The summed E-state index contributed by atoms with van der Waals surface area (Å²) in [6.45, 7) is 4.08. The molecule has 0 aliphatic carbocycles. The number of sulfonamides is 1. The fourth-order valence-corrected chi connectivity index (χ4v) is 1.50. The van der Waals surface area contributed by atoms with Gasteiger partial charge in [0.25, 0.3) is 0 Å².